The minimum atomic E-state index is -1.27. The molecule has 1 fully saturated rings. The predicted octanol–water partition coefficient (Wildman–Crippen LogP) is 1.39. The second-order valence-corrected chi connectivity index (χ2v) is 6.02. The number of imide groups is 1. The van der Waals surface area contributed by atoms with Gasteiger partial charge >= 0.3 is 6.03 Å². The van der Waals surface area contributed by atoms with Gasteiger partial charge in [-0.2, -0.15) is 0 Å². The summed E-state index contributed by atoms with van der Waals surface area (Å²) in [6.45, 7) is 1.39. The highest BCUT2D eigenvalue weighted by molar-refractivity contribution is 6.11. The van der Waals surface area contributed by atoms with E-state index in [-0.39, 0.29) is 19.1 Å². The number of aromatic amines is 1. The Balaban J connectivity index is 1.60. The first-order valence-corrected chi connectivity index (χ1v) is 7.70. The van der Waals surface area contributed by atoms with Gasteiger partial charge in [0.2, 0.25) is 6.79 Å². The van der Waals surface area contributed by atoms with Gasteiger partial charge in [-0.3, -0.25) is 14.5 Å². The van der Waals surface area contributed by atoms with E-state index in [1.807, 2.05) is 0 Å². The molecule has 0 spiro atoms. The van der Waals surface area contributed by atoms with Gasteiger partial charge in [0.05, 0.1) is 12.2 Å². The lowest BCUT2D eigenvalue weighted by atomic mass is 9.91. The van der Waals surface area contributed by atoms with Gasteiger partial charge in [0.1, 0.15) is 5.54 Å². The van der Waals surface area contributed by atoms with Gasteiger partial charge in [0.15, 0.2) is 17.3 Å². The third-order valence-electron chi connectivity index (χ3n) is 4.42. The van der Waals surface area contributed by atoms with E-state index < -0.39 is 17.5 Å². The van der Waals surface area contributed by atoms with E-state index in [2.05, 4.69) is 10.3 Å². The average Bonchev–Trinajstić information content (AvgIpc) is 3.31. The van der Waals surface area contributed by atoms with E-state index in [9.17, 15) is 14.4 Å². The number of amides is 3. The molecular weight excluding hydrogens is 326 g/mol. The Kier molecular flexibility index (Phi) is 3.28. The summed E-state index contributed by atoms with van der Waals surface area (Å²) in [5.74, 6) is 0.268. The van der Waals surface area contributed by atoms with Crippen LogP contribution in [0, 0.1) is 0 Å². The van der Waals surface area contributed by atoms with Crippen LogP contribution >= 0.6 is 0 Å². The number of ether oxygens (including phenoxy) is 2. The number of nitrogens with zero attached hydrogens (tertiary/aromatic N) is 1. The maximum absolute atomic E-state index is 12.9. The maximum atomic E-state index is 12.9. The van der Waals surface area contributed by atoms with Gasteiger partial charge in [-0.25, -0.2) is 4.79 Å². The van der Waals surface area contributed by atoms with E-state index in [1.54, 1.807) is 43.5 Å². The standard InChI is InChI=1S/C17H15N3O5/c1-17(10-4-5-13-14(7-10)25-9-24-13)15(22)20(16(23)19-17)8-12(21)11-3-2-6-18-11/h2-7,18H,8-9H2,1H3,(H,19,23). The molecule has 0 bridgehead atoms. The molecule has 0 saturated carbocycles. The summed E-state index contributed by atoms with van der Waals surface area (Å²) in [7, 11) is 0. The first-order chi connectivity index (χ1) is 12.0. The van der Waals surface area contributed by atoms with Crippen molar-refractivity contribution in [1.82, 2.24) is 15.2 Å². The number of hydrogen-bond donors (Lipinski definition) is 2. The van der Waals surface area contributed by atoms with Crippen LogP contribution in [0.4, 0.5) is 4.79 Å². The quantitative estimate of drug-likeness (QED) is 0.646. The van der Waals surface area contributed by atoms with Crippen LogP contribution in [0.3, 0.4) is 0 Å². The van der Waals surface area contributed by atoms with Crippen LogP contribution in [-0.2, 0) is 10.3 Å². The lowest BCUT2D eigenvalue weighted by Gasteiger charge is -2.22. The van der Waals surface area contributed by atoms with Crippen molar-refractivity contribution in [2.24, 2.45) is 0 Å². The highest BCUT2D eigenvalue weighted by Crippen LogP contribution is 2.37. The number of ketones is 1. The molecule has 8 nitrogen and oxygen atoms in total. The predicted molar refractivity (Wildman–Crippen MR) is 85.3 cm³/mol. The summed E-state index contributed by atoms with van der Waals surface area (Å²) in [4.78, 5) is 41.0. The normalized spacial score (nSPS) is 21.6. The molecule has 3 amide bonds. The van der Waals surface area contributed by atoms with E-state index in [1.165, 1.54) is 0 Å². The average molecular weight is 341 g/mol. The number of nitrogens with one attached hydrogen (secondary N) is 2. The highest BCUT2D eigenvalue weighted by Gasteiger charge is 2.49. The number of aromatic nitrogens is 1. The fourth-order valence-electron chi connectivity index (χ4n) is 2.98. The number of Topliss-reactive ketones (excluding diaryl/α,β-unsaturated/α-hetero) is 1. The van der Waals surface area contributed by atoms with Crippen molar-refractivity contribution in [1.29, 1.82) is 0 Å². The fourth-order valence-corrected chi connectivity index (χ4v) is 2.98. The Labute approximate surface area is 142 Å². The van der Waals surface area contributed by atoms with Crippen molar-refractivity contribution in [2.75, 3.05) is 13.3 Å². The molecule has 2 aliphatic heterocycles. The maximum Gasteiger partial charge on any atom is 0.325 e. The van der Waals surface area contributed by atoms with Gasteiger partial charge in [0, 0.05) is 6.20 Å². The largest absolute Gasteiger partial charge is 0.454 e. The van der Waals surface area contributed by atoms with Gasteiger partial charge in [0.25, 0.3) is 5.91 Å². The molecule has 1 saturated heterocycles. The number of benzene rings is 1. The monoisotopic (exact) mass is 341 g/mol. The zero-order chi connectivity index (χ0) is 17.6. The smallest absolute Gasteiger partial charge is 0.325 e. The van der Waals surface area contributed by atoms with Crippen molar-refractivity contribution >= 4 is 17.7 Å². The molecule has 4 rings (SSSR count). The second-order valence-electron chi connectivity index (χ2n) is 6.02. The zero-order valence-electron chi connectivity index (χ0n) is 13.4. The first kappa shape index (κ1) is 15.3. The lowest BCUT2D eigenvalue weighted by Crippen LogP contribution is -2.41. The Hall–Kier alpha value is -3.29. The molecule has 3 heterocycles. The number of H-pyrrole nitrogens is 1. The molecule has 128 valence electrons. The number of fused-ring (bicyclic) bond motifs is 1. The minimum Gasteiger partial charge on any atom is -0.454 e. The molecule has 25 heavy (non-hydrogen) atoms. The summed E-state index contributed by atoms with van der Waals surface area (Å²) < 4.78 is 10.6. The number of urea groups is 1. The van der Waals surface area contributed by atoms with Crippen LogP contribution in [0.15, 0.2) is 36.5 Å². The molecule has 8 heteroatoms. The molecule has 1 aromatic heterocycles. The lowest BCUT2D eigenvalue weighted by molar-refractivity contribution is -0.130. The van der Waals surface area contributed by atoms with Gasteiger partial charge in [-0.15, -0.1) is 0 Å². The van der Waals surface area contributed by atoms with E-state index in [4.69, 9.17) is 9.47 Å². The molecular formula is C17H15N3O5. The van der Waals surface area contributed by atoms with Crippen LogP contribution in [-0.4, -0.2) is 40.9 Å². The number of carbonyl (C=O) groups excluding carboxylic acids is 3. The van der Waals surface area contributed by atoms with Crippen molar-refractivity contribution < 1.29 is 23.9 Å². The number of carbonyl (C=O) groups is 3. The topological polar surface area (TPSA) is 101 Å². The van der Waals surface area contributed by atoms with Gasteiger partial charge in [-0.1, -0.05) is 6.07 Å². The van der Waals surface area contributed by atoms with Crippen LogP contribution in [0.25, 0.3) is 0 Å². The van der Waals surface area contributed by atoms with Crippen molar-refractivity contribution in [3.05, 3.63) is 47.8 Å². The fraction of sp³-hybridized carbons (Fsp3) is 0.235. The highest BCUT2D eigenvalue weighted by atomic mass is 16.7. The summed E-state index contributed by atoms with van der Waals surface area (Å²) >= 11 is 0. The molecule has 2 aliphatic rings. The second kappa shape index (κ2) is 5.37. The van der Waals surface area contributed by atoms with Crippen molar-refractivity contribution in [2.45, 2.75) is 12.5 Å². The third kappa shape index (κ3) is 2.34. The summed E-state index contributed by atoms with van der Waals surface area (Å²) in [6.07, 6.45) is 1.61. The van der Waals surface area contributed by atoms with E-state index in [0.717, 1.165) is 4.90 Å². The first-order valence-electron chi connectivity index (χ1n) is 7.70. The summed E-state index contributed by atoms with van der Waals surface area (Å²) in [5, 5.41) is 2.67. The molecule has 0 aliphatic carbocycles. The van der Waals surface area contributed by atoms with Gasteiger partial charge < -0.3 is 19.8 Å². The molecule has 0 radical (unpaired) electrons. The molecule has 2 N–H and O–H groups in total. The van der Waals surface area contributed by atoms with Crippen molar-refractivity contribution in [3.63, 3.8) is 0 Å². The SMILES string of the molecule is CC1(c2ccc3c(c2)OCO3)NC(=O)N(CC(=O)c2ccc[nH]2)C1=O. The number of rotatable bonds is 4. The Bertz CT molecular complexity index is 876. The molecule has 1 atom stereocenters. The van der Waals surface area contributed by atoms with Gasteiger partial charge in [-0.05, 0) is 36.8 Å². The van der Waals surface area contributed by atoms with Crippen LogP contribution in [0.5, 0.6) is 11.5 Å². The van der Waals surface area contributed by atoms with E-state index >= 15 is 0 Å². The van der Waals surface area contributed by atoms with Crippen LogP contribution in [0.2, 0.25) is 0 Å². The molecule has 1 unspecified atom stereocenters. The van der Waals surface area contributed by atoms with Crippen molar-refractivity contribution in [3.8, 4) is 11.5 Å². The minimum absolute atomic E-state index is 0.118. The molecule has 2 aromatic rings. The van der Waals surface area contributed by atoms with Crippen LogP contribution in [0.1, 0.15) is 23.0 Å². The number of hydrogen-bond acceptors (Lipinski definition) is 5. The zero-order valence-corrected chi connectivity index (χ0v) is 13.4. The Morgan fingerprint density at radius 2 is 2.04 bits per heavy atom. The molecule has 1 aromatic carbocycles. The Morgan fingerprint density at radius 3 is 2.80 bits per heavy atom. The Morgan fingerprint density at radius 1 is 1.24 bits per heavy atom. The third-order valence-corrected chi connectivity index (χ3v) is 4.42. The van der Waals surface area contributed by atoms with E-state index in [0.29, 0.717) is 22.8 Å². The summed E-state index contributed by atoms with van der Waals surface area (Å²) in [5.41, 5.74) is -0.365. The summed E-state index contributed by atoms with van der Waals surface area (Å²) in [6, 6.07) is 7.71. The van der Waals surface area contributed by atoms with Crippen LogP contribution < -0.4 is 14.8 Å².